The van der Waals surface area contributed by atoms with Gasteiger partial charge in [0, 0.05) is 30.9 Å². The molecule has 1 aromatic carbocycles. The number of imidazole rings is 1. The Balaban J connectivity index is 2.08. The van der Waals surface area contributed by atoms with Crippen molar-refractivity contribution in [2.45, 2.75) is 16.6 Å². The van der Waals surface area contributed by atoms with E-state index < -0.39 is 0 Å². The fourth-order valence-corrected chi connectivity index (χ4v) is 2.24. The van der Waals surface area contributed by atoms with Gasteiger partial charge < -0.3 is 9.88 Å². The summed E-state index contributed by atoms with van der Waals surface area (Å²) in [6.07, 6.45) is 3.77. The zero-order valence-electron chi connectivity index (χ0n) is 9.47. The molecule has 1 heterocycles. The molecule has 0 spiro atoms. The van der Waals surface area contributed by atoms with Gasteiger partial charge in [-0.15, -0.1) is 0 Å². The summed E-state index contributed by atoms with van der Waals surface area (Å²) in [6.45, 7) is 0.910. The number of nitrogens with one attached hydrogen (secondary N) is 1. The lowest BCUT2D eigenvalue weighted by Crippen LogP contribution is -2.04. The van der Waals surface area contributed by atoms with Gasteiger partial charge in [0.25, 0.3) is 0 Å². The Labute approximate surface area is 99.9 Å². The zero-order chi connectivity index (χ0) is 11.4. The van der Waals surface area contributed by atoms with Gasteiger partial charge in [-0.25, -0.2) is 4.98 Å². The summed E-state index contributed by atoms with van der Waals surface area (Å²) >= 11 is 1.68. The lowest BCUT2D eigenvalue weighted by molar-refractivity contribution is 0.790. The monoisotopic (exact) mass is 233 g/mol. The van der Waals surface area contributed by atoms with Crippen molar-refractivity contribution in [3.8, 4) is 0 Å². The van der Waals surface area contributed by atoms with Crippen LogP contribution in [0.25, 0.3) is 0 Å². The predicted molar refractivity (Wildman–Crippen MR) is 66.5 cm³/mol. The lowest BCUT2D eigenvalue weighted by atomic mass is 10.2. The van der Waals surface area contributed by atoms with Crippen LogP contribution < -0.4 is 5.32 Å². The standard InChI is InChI=1S/C12H15N3S/c1-13-9-10-3-5-11(6-4-10)16-12-14-7-8-15(12)2/h3-8,13H,9H2,1-2H3. The molecule has 0 aliphatic heterocycles. The van der Waals surface area contributed by atoms with Crippen LogP contribution in [0.3, 0.4) is 0 Å². The predicted octanol–water partition coefficient (Wildman–Crippen LogP) is 2.29. The molecule has 0 amide bonds. The van der Waals surface area contributed by atoms with Crippen molar-refractivity contribution in [1.29, 1.82) is 0 Å². The molecule has 16 heavy (non-hydrogen) atoms. The zero-order valence-corrected chi connectivity index (χ0v) is 10.3. The molecule has 0 unspecified atom stereocenters. The molecule has 0 atom stereocenters. The van der Waals surface area contributed by atoms with E-state index in [1.54, 1.807) is 11.8 Å². The van der Waals surface area contributed by atoms with Crippen LogP contribution in [0.5, 0.6) is 0 Å². The number of benzene rings is 1. The minimum absolute atomic E-state index is 0.910. The molecule has 1 aromatic heterocycles. The number of nitrogens with zero attached hydrogens (tertiary/aromatic N) is 2. The van der Waals surface area contributed by atoms with Gasteiger partial charge in [0.05, 0.1) is 0 Å². The van der Waals surface area contributed by atoms with Crippen molar-refractivity contribution in [3.05, 3.63) is 42.2 Å². The quantitative estimate of drug-likeness (QED) is 0.878. The number of hydrogen-bond acceptors (Lipinski definition) is 3. The van der Waals surface area contributed by atoms with Gasteiger partial charge in [-0.05, 0) is 24.7 Å². The van der Waals surface area contributed by atoms with Crippen molar-refractivity contribution >= 4 is 11.8 Å². The Hall–Kier alpha value is -1.26. The summed E-state index contributed by atoms with van der Waals surface area (Å²) < 4.78 is 2.02. The van der Waals surface area contributed by atoms with Crippen LogP contribution in [-0.2, 0) is 13.6 Å². The van der Waals surface area contributed by atoms with Crippen LogP contribution in [0.4, 0.5) is 0 Å². The first-order valence-corrected chi connectivity index (χ1v) is 6.00. The highest BCUT2D eigenvalue weighted by atomic mass is 32.2. The molecule has 2 rings (SSSR count). The second-order valence-corrected chi connectivity index (χ2v) is 4.64. The van der Waals surface area contributed by atoms with Crippen molar-refractivity contribution < 1.29 is 0 Å². The van der Waals surface area contributed by atoms with Gasteiger partial charge >= 0.3 is 0 Å². The molecule has 84 valence electrons. The summed E-state index contributed by atoms with van der Waals surface area (Å²) in [5.41, 5.74) is 1.30. The van der Waals surface area contributed by atoms with E-state index in [2.05, 4.69) is 34.6 Å². The average molecular weight is 233 g/mol. The third-order valence-electron chi connectivity index (χ3n) is 2.29. The molecule has 0 saturated carbocycles. The van der Waals surface area contributed by atoms with Crippen LogP contribution >= 0.6 is 11.8 Å². The van der Waals surface area contributed by atoms with Gasteiger partial charge in [-0.1, -0.05) is 23.9 Å². The first-order valence-electron chi connectivity index (χ1n) is 5.18. The van der Waals surface area contributed by atoms with E-state index in [9.17, 15) is 0 Å². The molecule has 3 nitrogen and oxygen atoms in total. The van der Waals surface area contributed by atoms with Crippen molar-refractivity contribution in [2.24, 2.45) is 7.05 Å². The smallest absolute Gasteiger partial charge is 0.172 e. The van der Waals surface area contributed by atoms with E-state index in [-0.39, 0.29) is 0 Å². The van der Waals surface area contributed by atoms with Crippen molar-refractivity contribution in [3.63, 3.8) is 0 Å². The Morgan fingerprint density at radius 2 is 2.06 bits per heavy atom. The summed E-state index contributed by atoms with van der Waals surface area (Å²) in [5, 5.41) is 4.15. The second-order valence-electron chi connectivity index (χ2n) is 3.60. The van der Waals surface area contributed by atoms with Crippen LogP contribution in [0.15, 0.2) is 46.7 Å². The Morgan fingerprint density at radius 1 is 1.31 bits per heavy atom. The topological polar surface area (TPSA) is 29.9 Å². The highest BCUT2D eigenvalue weighted by molar-refractivity contribution is 7.99. The minimum Gasteiger partial charge on any atom is -0.329 e. The summed E-state index contributed by atoms with van der Waals surface area (Å²) in [4.78, 5) is 5.50. The Kier molecular flexibility index (Phi) is 3.64. The molecule has 0 saturated heterocycles. The molecule has 0 bridgehead atoms. The molecule has 0 aliphatic rings. The summed E-state index contributed by atoms with van der Waals surface area (Å²) in [6, 6.07) is 8.54. The van der Waals surface area contributed by atoms with Crippen LogP contribution in [0.2, 0.25) is 0 Å². The number of aryl methyl sites for hydroxylation is 1. The maximum Gasteiger partial charge on any atom is 0.172 e. The molecule has 4 heteroatoms. The third-order valence-corrected chi connectivity index (χ3v) is 3.37. The number of rotatable bonds is 4. The SMILES string of the molecule is CNCc1ccc(Sc2nccn2C)cc1. The fourth-order valence-electron chi connectivity index (χ4n) is 1.44. The number of hydrogen-bond donors (Lipinski definition) is 1. The van der Waals surface area contributed by atoms with Gasteiger partial charge in [-0.2, -0.15) is 0 Å². The molecule has 0 aliphatic carbocycles. The molecule has 0 radical (unpaired) electrons. The second kappa shape index (κ2) is 5.18. The van der Waals surface area contributed by atoms with Crippen molar-refractivity contribution in [2.75, 3.05) is 7.05 Å². The normalized spacial score (nSPS) is 10.6. The van der Waals surface area contributed by atoms with Crippen LogP contribution in [-0.4, -0.2) is 16.6 Å². The highest BCUT2D eigenvalue weighted by Crippen LogP contribution is 2.25. The fraction of sp³-hybridized carbons (Fsp3) is 0.250. The van der Waals surface area contributed by atoms with Crippen molar-refractivity contribution in [1.82, 2.24) is 14.9 Å². The Bertz CT molecular complexity index is 448. The average Bonchev–Trinajstić information content (AvgIpc) is 2.68. The molecule has 1 N–H and O–H groups in total. The molecule has 0 fully saturated rings. The summed E-state index contributed by atoms with van der Waals surface area (Å²) in [7, 11) is 3.96. The van der Waals surface area contributed by atoms with E-state index in [0.717, 1.165) is 11.7 Å². The van der Waals surface area contributed by atoms with E-state index in [1.165, 1.54) is 10.5 Å². The molecule has 2 aromatic rings. The van der Waals surface area contributed by atoms with Gasteiger partial charge in [0.1, 0.15) is 0 Å². The largest absolute Gasteiger partial charge is 0.329 e. The minimum atomic E-state index is 0.910. The third kappa shape index (κ3) is 2.65. The van der Waals surface area contributed by atoms with E-state index in [0.29, 0.717) is 0 Å². The highest BCUT2D eigenvalue weighted by Gasteiger charge is 2.01. The molecular weight excluding hydrogens is 218 g/mol. The van der Waals surface area contributed by atoms with Gasteiger partial charge in [0.2, 0.25) is 0 Å². The van der Waals surface area contributed by atoms with Crippen LogP contribution in [0.1, 0.15) is 5.56 Å². The Morgan fingerprint density at radius 3 is 2.62 bits per heavy atom. The number of aromatic nitrogens is 2. The summed E-state index contributed by atoms with van der Waals surface area (Å²) in [5.74, 6) is 0. The first-order chi connectivity index (χ1) is 7.79. The maximum atomic E-state index is 4.28. The van der Waals surface area contributed by atoms with E-state index in [4.69, 9.17) is 0 Å². The van der Waals surface area contributed by atoms with Gasteiger partial charge in [-0.3, -0.25) is 0 Å². The van der Waals surface area contributed by atoms with E-state index in [1.807, 2.05) is 31.1 Å². The maximum absolute atomic E-state index is 4.28. The van der Waals surface area contributed by atoms with Gasteiger partial charge in [0.15, 0.2) is 5.16 Å². The van der Waals surface area contributed by atoms with E-state index >= 15 is 0 Å². The molecular formula is C12H15N3S. The lowest BCUT2D eigenvalue weighted by Gasteiger charge is -2.03. The van der Waals surface area contributed by atoms with Crippen LogP contribution in [0, 0.1) is 0 Å². The first kappa shape index (κ1) is 11.2.